The minimum absolute atomic E-state index is 0.0579. The Morgan fingerprint density at radius 3 is 1.53 bits per heavy atom. The summed E-state index contributed by atoms with van der Waals surface area (Å²) < 4.78 is 62.3. The van der Waals surface area contributed by atoms with Crippen LogP contribution in [0.5, 0.6) is 0 Å². The smallest absolute Gasteiger partial charge is 0.288 e. The molecule has 5 rings (SSSR count). The third kappa shape index (κ3) is 5.82. The first-order chi connectivity index (χ1) is 20.3. The molecule has 0 aromatic heterocycles. The highest BCUT2D eigenvalue weighted by Crippen LogP contribution is 2.50. The van der Waals surface area contributed by atoms with Gasteiger partial charge < -0.3 is 9.80 Å². The molecule has 8 nitrogen and oxygen atoms in total. The molecule has 14 heteroatoms. The van der Waals surface area contributed by atoms with Crippen LogP contribution in [0, 0.1) is 55.3 Å². The molecule has 2 heterocycles. The van der Waals surface area contributed by atoms with Crippen molar-refractivity contribution in [1.29, 1.82) is 0 Å². The topological polar surface area (TPSA) is 92.8 Å². The van der Waals surface area contributed by atoms with Crippen molar-refractivity contribution in [2.24, 2.45) is 11.8 Å². The summed E-state index contributed by atoms with van der Waals surface area (Å²) in [5.74, 6) is -3.23. The average Bonchev–Trinajstić information content (AvgIpc) is 3.32. The van der Waals surface area contributed by atoms with E-state index in [9.17, 15) is 20.2 Å². The van der Waals surface area contributed by atoms with E-state index < -0.39 is 66.6 Å². The summed E-state index contributed by atoms with van der Waals surface area (Å²) in [7, 11) is 0. The fourth-order valence-electron chi connectivity index (χ4n) is 6.53. The van der Waals surface area contributed by atoms with Crippen molar-refractivity contribution in [3.63, 3.8) is 0 Å². The van der Waals surface area contributed by atoms with Crippen molar-refractivity contribution >= 4 is 46.0 Å². The van der Waals surface area contributed by atoms with Crippen LogP contribution < -0.4 is 9.80 Å². The maximum absolute atomic E-state index is 15.8. The zero-order chi connectivity index (χ0) is 31.3. The average molecular weight is 641 g/mol. The zero-order valence-corrected chi connectivity index (χ0v) is 24.5. The zero-order valence-electron chi connectivity index (χ0n) is 23.0. The van der Waals surface area contributed by atoms with Gasteiger partial charge in [0.25, 0.3) is 11.4 Å². The number of hydrogen-bond acceptors (Lipinski definition) is 6. The lowest BCUT2D eigenvalue weighted by molar-refractivity contribution is -0.384. The molecule has 2 saturated heterocycles. The standard InChI is InChI=1S/C29H26Cl2F4N4O4/c1-14-5-15(2)13-36(12-14)29-23(34)6-16(7-24(29)35)37-25(17-8-27(38(40)41)19(30)10-21(17)32)3-4-26(37)18-9-28(39(42)43)20(31)11-22(18)33/h6-11,14-15,25-26H,3-5,12-13H2,1-2H3/t14?,15?,25-,26?/m1/s1. The Kier molecular flexibility index (Phi) is 8.45. The Labute approximate surface area is 254 Å². The van der Waals surface area contributed by atoms with Crippen molar-refractivity contribution in [3.8, 4) is 0 Å². The minimum Gasteiger partial charge on any atom is -0.366 e. The van der Waals surface area contributed by atoms with Gasteiger partial charge in [0.1, 0.15) is 27.4 Å². The van der Waals surface area contributed by atoms with Gasteiger partial charge in [-0.05, 0) is 55.4 Å². The molecular weight excluding hydrogens is 615 g/mol. The van der Waals surface area contributed by atoms with E-state index in [4.69, 9.17) is 23.2 Å². The molecule has 43 heavy (non-hydrogen) atoms. The van der Waals surface area contributed by atoms with Gasteiger partial charge in [-0.15, -0.1) is 0 Å². The van der Waals surface area contributed by atoms with Crippen LogP contribution in [0.2, 0.25) is 10.0 Å². The molecule has 0 saturated carbocycles. The van der Waals surface area contributed by atoms with E-state index in [0.29, 0.717) is 13.1 Å². The summed E-state index contributed by atoms with van der Waals surface area (Å²) in [5.41, 5.74) is -1.90. The van der Waals surface area contributed by atoms with Crippen LogP contribution in [-0.2, 0) is 0 Å². The molecule has 2 aliphatic heterocycles. The van der Waals surface area contributed by atoms with Crippen molar-refractivity contribution in [1.82, 2.24) is 0 Å². The van der Waals surface area contributed by atoms with Gasteiger partial charge in [0.05, 0.1) is 21.9 Å². The molecule has 0 aliphatic carbocycles. The quantitative estimate of drug-likeness (QED) is 0.152. The summed E-state index contributed by atoms with van der Waals surface area (Å²) in [6.07, 6.45) is 1.03. The first-order valence-electron chi connectivity index (χ1n) is 13.6. The van der Waals surface area contributed by atoms with E-state index in [1.54, 1.807) is 4.90 Å². The Balaban J connectivity index is 1.67. The number of nitro groups is 2. The van der Waals surface area contributed by atoms with Crippen LogP contribution in [0.3, 0.4) is 0 Å². The first kappa shape index (κ1) is 30.8. The number of piperidine rings is 1. The Bertz CT molecular complexity index is 1520. The normalized spacial score (nSPS) is 22.2. The molecule has 0 radical (unpaired) electrons. The monoisotopic (exact) mass is 640 g/mol. The highest BCUT2D eigenvalue weighted by atomic mass is 35.5. The van der Waals surface area contributed by atoms with Crippen molar-refractivity contribution in [2.75, 3.05) is 22.9 Å². The van der Waals surface area contributed by atoms with E-state index in [2.05, 4.69) is 0 Å². The fourth-order valence-corrected chi connectivity index (χ4v) is 6.97. The predicted octanol–water partition coefficient (Wildman–Crippen LogP) is 8.93. The lowest BCUT2D eigenvalue weighted by Gasteiger charge is -2.38. The molecule has 0 spiro atoms. The van der Waals surface area contributed by atoms with Crippen LogP contribution in [0.15, 0.2) is 36.4 Å². The Hall–Kier alpha value is -3.64. The largest absolute Gasteiger partial charge is 0.366 e. The lowest BCUT2D eigenvalue weighted by atomic mass is 9.91. The number of nitro benzene ring substituents is 2. The summed E-state index contributed by atoms with van der Waals surface area (Å²) in [4.78, 5) is 24.6. The molecule has 2 aliphatic rings. The van der Waals surface area contributed by atoms with E-state index in [-0.39, 0.29) is 47.2 Å². The highest BCUT2D eigenvalue weighted by molar-refractivity contribution is 6.33. The number of benzene rings is 3. The van der Waals surface area contributed by atoms with E-state index in [1.165, 1.54) is 4.90 Å². The molecular formula is C29H26Cl2F4N4O4. The second-order valence-corrected chi connectivity index (χ2v) is 12.1. The maximum atomic E-state index is 15.8. The highest BCUT2D eigenvalue weighted by Gasteiger charge is 2.41. The second kappa shape index (κ2) is 11.8. The third-order valence-electron chi connectivity index (χ3n) is 8.11. The van der Waals surface area contributed by atoms with Crippen LogP contribution in [0.4, 0.5) is 40.3 Å². The number of hydrogen-bond donors (Lipinski definition) is 0. The number of halogens is 6. The van der Waals surface area contributed by atoms with Gasteiger partial charge >= 0.3 is 0 Å². The summed E-state index contributed by atoms with van der Waals surface area (Å²) in [6.45, 7) is 4.86. The first-order valence-corrected chi connectivity index (χ1v) is 14.3. The minimum atomic E-state index is -1.07. The predicted molar refractivity (Wildman–Crippen MR) is 155 cm³/mol. The Morgan fingerprint density at radius 2 is 1.14 bits per heavy atom. The molecule has 2 fully saturated rings. The second-order valence-electron chi connectivity index (χ2n) is 11.3. The van der Waals surface area contributed by atoms with Gasteiger partial charge in [-0.2, -0.15) is 0 Å². The molecule has 0 amide bonds. The molecule has 228 valence electrons. The SMILES string of the molecule is CC1CC(C)CN(c2c(F)cc(N3C(c4cc([N+](=O)[O-])c(Cl)cc4F)CC[C@@H]3c3cc([N+](=O)[O-])c(Cl)cc3F)cc2F)C1. The van der Waals surface area contributed by atoms with Gasteiger partial charge in [-0.3, -0.25) is 20.2 Å². The fraction of sp³-hybridized carbons (Fsp3) is 0.379. The van der Waals surface area contributed by atoms with Gasteiger partial charge in [-0.1, -0.05) is 37.0 Å². The molecule has 3 unspecified atom stereocenters. The van der Waals surface area contributed by atoms with Crippen LogP contribution >= 0.6 is 23.2 Å². The summed E-state index contributed by atoms with van der Waals surface area (Å²) in [5, 5.41) is 22.3. The van der Waals surface area contributed by atoms with Crippen molar-refractivity contribution < 1.29 is 27.4 Å². The van der Waals surface area contributed by atoms with E-state index in [1.807, 2.05) is 13.8 Å². The van der Waals surface area contributed by atoms with E-state index in [0.717, 1.165) is 42.8 Å². The molecule has 3 aromatic carbocycles. The molecule has 3 aromatic rings. The van der Waals surface area contributed by atoms with Crippen molar-refractivity contribution in [2.45, 2.75) is 45.2 Å². The van der Waals surface area contributed by atoms with Crippen molar-refractivity contribution in [3.05, 3.63) is 101 Å². The molecule has 4 atom stereocenters. The van der Waals surface area contributed by atoms with Crippen LogP contribution in [0.25, 0.3) is 0 Å². The lowest BCUT2D eigenvalue weighted by Crippen LogP contribution is -2.39. The number of nitrogens with zero attached hydrogens (tertiary/aromatic N) is 4. The molecule has 0 N–H and O–H groups in total. The van der Waals surface area contributed by atoms with Gasteiger partial charge in [0.2, 0.25) is 0 Å². The van der Waals surface area contributed by atoms with Gasteiger partial charge in [0.15, 0.2) is 11.6 Å². The number of rotatable bonds is 6. The summed E-state index contributed by atoms with van der Waals surface area (Å²) >= 11 is 11.8. The van der Waals surface area contributed by atoms with Crippen LogP contribution in [-0.4, -0.2) is 22.9 Å². The summed E-state index contributed by atoms with van der Waals surface area (Å²) in [6, 6.07) is 3.39. The van der Waals surface area contributed by atoms with Gasteiger partial charge in [-0.25, -0.2) is 17.6 Å². The van der Waals surface area contributed by atoms with E-state index >= 15 is 17.6 Å². The van der Waals surface area contributed by atoms with Gasteiger partial charge in [0, 0.05) is 42.0 Å². The third-order valence-corrected chi connectivity index (χ3v) is 8.72. The maximum Gasteiger partial charge on any atom is 0.288 e. The molecule has 0 bridgehead atoms. The Morgan fingerprint density at radius 1 is 0.721 bits per heavy atom. The van der Waals surface area contributed by atoms with Crippen LogP contribution in [0.1, 0.15) is 56.3 Å². The number of anilines is 2.